The van der Waals surface area contributed by atoms with Crippen molar-refractivity contribution in [2.75, 3.05) is 13.1 Å². The summed E-state index contributed by atoms with van der Waals surface area (Å²) < 4.78 is 6.14. The first-order valence-corrected chi connectivity index (χ1v) is 6.73. The summed E-state index contributed by atoms with van der Waals surface area (Å²) in [6, 6.07) is 0. The first-order valence-electron chi connectivity index (χ1n) is 5.49. The molecule has 2 unspecified atom stereocenters. The van der Waals surface area contributed by atoms with E-state index in [-0.39, 0.29) is 11.7 Å². The van der Waals surface area contributed by atoms with E-state index in [0.29, 0.717) is 11.8 Å². The highest BCUT2D eigenvalue weighted by molar-refractivity contribution is 14.1. The Morgan fingerprint density at radius 3 is 2.27 bits per heavy atom. The van der Waals surface area contributed by atoms with Crippen molar-refractivity contribution in [3.8, 4) is 0 Å². The van der Waals surface area contributed by atoms with Gasteiger partial charge in [0.1, 0.15) is 5.60 Å². The number of piperidine rings is 2. The molecule has 4 heteroatoms. The van der Waals surface area contributed by atoms with Crippen LogP contribution >= 0.6 is 22.6 Å². The van der Waals surface area contributed by atoms with Crippen molar-refractivity contribution >= 4 is 28.7 Å². The van der Waals surface area contributed by atoms with Crippen molar-refractivity contribution in [1.82, 2.24) is 4.90 Å². The lowest BCUT2D eigenvalue weighted by molar-refractivity contribution is -0.0102. The van der Waals surface area contributed by atoms with Crippen LogP contribution in [0.15, 0.2) is 0 Å². The fourth-order valence-corrected chi connectivity index (χ4v) is 3.35. The van der Waals surface area contributed by atoms with E-state index < -0.39 is 0 Å². The fourth-order valence-electron chi connectivity index (χ4n) is 2.30. The summed E-state index contributed by atoms with van der Waals surface area (Å²) >= 11 is 2.52. The van der Waals surface area contributed by atoms with Gasteiger partial charge in [-0.05, 0) is 39.0 Å². The zero-order valence-corrected chi connectivity index (χ0v) is 11.7. The average Bonchev–Trinajstić information content (AvgIpc) is 2.14. The predicted octanol–water partition coefficient (Wildman–Crippen LogP) is 2.68. The molecule has 86 valence electrons. The highest BCUT2D eigenvalue weighted by atomic mass is 127. The lowest BCUT2D eigenvalue weighted by atomic mass is 9.71. The quantitative estimate of drug-likeness (QED) is 0.507. The topological polar surface area (TPSA) is 29.5 Å². The van der Waals surface area contributed by atoms with Crippen molar-refractivity contribution < 1.29 is 9.53 Å². The zero-order valence-electron chi connectivity index (χ0n) is 9.50. The summed E-state index contributed by atoms with van der Waals surface area (Å²) in [5.74, 6) is 1.41. The van der Waals surface area contributed by atoms with Crippen molar-refractivity contribution in [3.63, 3.8) is 0 Å². The molecule has 0 N–H and O–H groups in total. The number of hydrogen-bond donors (Lipinski definition) is 0. The smallest absolute Gasteiger partial charge is 0.410 e. The highest BCUT2D eigenvalue weighted by Gasteiger charge is 2.46. The van der Waals surface area contributed by atoms with Crippen LogP contribution in [0.4, 0.5) is 4.79 Å². The van der Waals surface area contributed by atoms with Crippen molar-refractivity contribution in [2.24, 2.45) is 11.8 Å². The molecule has 1 amide bonds. The van der Waals surface area contributed by atoms with Gasteiger partial charge in [0.2, 0.25) is 0 Å². The summed E-state index contributed by atoms with van der Waals surface area (Å²) in [7, 11) is 0. The molecule has 0 aromatic carbocycles. The summed E-state index contributed by atoms with van der Waals surface area (Å²) in [4.78, 5) is 13.7. The zero-order chi connectivity index (χ0) is 11.2. The minimum atomic E-state index is -0.373. The molecule has 15 heavy (non-hydrogen) atoms. The van der Waals surface area contributed by atoms with Gasteiger partial charge >= 0.3 is 6.09 Å². The molecule has 2 bridgehead atoms. The minimum Gasteiger partial charge on any atom is -0.444 e. The van der Waals surface area contributed by atoms with Crippen LogP contribution in [-0.2, 0) is 4.74 Å². The summed E-state index contributed by atoms with van der Waals surface area (Å²) in [6.07, 6.45) is 1.16. The van der Waals surface area contributed by atoms with Gasteiger partial charge in [-0.1, -0.05) is 22.6 Å². The lowest BCUT2D eigenvalue weighted by Crippen LogP contribution is -2.58. The molecule has 1 saturated carbocycles. The number of halogens is 1. The van der Waals surface area contributed by atoms with E-state index in [0.717, 1.165) is 17.0 Å². The standard InChI is InChI=1S/C11H18INO2/c1-11(2,3)15-10(14)13-5-7-4-8(6-13)9(7)12/h7-9H,4-6H2,1-3H3. The Bertz CT molecular complexity index is 262. The first-order chi connectivity index (χ1) is 6.87. The Kier molecular flexibility index (Phi) is 2.90. The van der Waals surface area contributed by atoms with Crippen LogP contribution in [0, 0.1) is 11.8 Å². The van der Waals surface area contributed by atoms with Crippen LogP contribution in [0.25, 0.3) is 0 Å². The Morgan fingerprint density at radius 2 is 1.87 bits per heavy atom. The number of amides is 1. The lowest BCUT2D eigenvalue weighted by Gasteiger charge is -2.51. The van der Waals surface area contributed by atoms with Crippen LogP contribution in [0.1, 0.15) is 27.2 Å². The molecule has 0 aromatic heterocycles. The molecule has 0 radical (unpaired) electrons. The van der Waals surface area contributed by atoms with Gasteiger partial charge in [0.25, 0.3) is 0 Å². The van der Waals surface area contributed by atoms with E-state index in [1.165, 1.54) is 6.42 Å². The third-order valence-electron chi connectivity index (χ3n) is 3.07. The number of ether oxygens (including phenoxy) is 1. The van der Waals surface area contributed by atoms with E-state index in [1.807, 2.05) is 25.7 Å². The molecule has 2 atom stereocenters. The normalized spacial score (nSPS) is 34.7. The molecule has 2 saturated heterocycles. The maximum absolute atomic E-state index is 11.8. The van der Waals surface area contributed by atoms with Crippen LogP contribution in [-0.4, -0.2) is 33.6 Å². The molecular weight excluding hydrogens is 305 g/mol. The predicted molar refractivity (Wildman–Crippen MR) is 67.2 cm³/mol. The Morgan fingerprint density at radius 1 is 1.33 bits per heavy atom. The first kappa shape index (κ1) is 11.5. The van der Waals surface area contributed by atoms with Gasteiger partial charge in [-0.15, -0.1) is 0 Å². The van der Waals surface area contributed by atoms with Gasteiger partial charge in [-0.3, -0.25) is 0 Å². The SMILES string of the molecule is CC(C)(C)OC(=O)N1CC2CC(C1)C2I. The number of alkyl halides is 1. The largest absolute Gasteiger partial charge is 0.444 e. The van der Waals surface area contributed by atoms with Gasteiger partial charge < -0.3 is 9.64 Å². The van der Waals surface area contributed by atoms with Gasteiger partial charge in [0.15, 0.2) is 0 Å². The number of nitrogens with zero attached hydrogens (tertiary/aromatic N) is 1. The van der Waals surface area contributed by atoms with Crippen LogP contribution in [0.5, 0.6) is 0 Å². The third-order valence-corrected chi connectivity index (χ3v) is 5.10. The molecule has 3 rings (SSSR count). The Labute approximate surface area is 105 Å². The second-order valence-electron chi connectivity index (χ2n) is 5.59. The van der Waals surface area contributed by atoms with Crippen molar-refractivity contribution in [3.05, 3.63) is 0 Å². The molecule has 3 nitrogen and oxygen atoms in total. The molecule has 2 aliphatic heterocycles. The minimum absolute atomic E-state index is 0.138. The second-order valence-corrected chi connectivity index (χ2v) is 7.02. The fraction of sp³-hybridized carbons (Fsp3) is 0.909. The number of rotatable bonds is 0. The van der Waals surface area contributed by atoms with E-state index in [4.69, 9.17) is 4.74 Å². The van der Waals surface area contributed by atoms with E-state index in [9.17, 15) is 4.79 Å². The van der Waals surface area contributed by atoms with Gasteiger partial charge in [-0.25, -0.2) is 4.79 Å². The Balaban J connectivity index is 1.88. The molecule has 3 fully saturated rings. The molecule has 0 aromatic rings. The maximum atomic E-state index is 11.8. The van der Waals surface area contributed by atoms with Crippen LogP contribution in [0.2, 0.25) is 0 Å². The summed E-state index contributed by atoms with van der Waals surface area (Å²) in [6.45, 7) is 7.52. The molecule has 0 spiro atoms. The van der Waals surface area contributed by atoms with Crippen LogP contribution in [0.3, 0.4) is 0 Å². The molecule has 3 aliphatic rings. The number of carbonyl (C=O) groups excluding carboxylic acids is 1. The third kappa shape index (κ3) is 2.40. The van der Waals surface area contributed by atoms with E-state index in [2.05, 4.69) is 22.6 Å². The molecule has 1 aliphatic carbocycles. The average molecular weight is 323 g/mol. The highest BCUT2D eigenvalue weighted by Crippen LogP contribution is 2.45. The molecule has 2 heterocycles. The van der Waals surface area contributed by atoms with E-state index in [1.54, 1.807) is 0 Å². The monoisotopic (exact) mass is 323 g/mol. The Hall–Kier alpha value is 0. The number of hydrogen-bond acceptors (Lipinski definition) is 2. The van der Waals surface area contributed by atoms with Crippen molar-refractivity contribution in [1.29, 1.82) is 0 Å². The second kappa shape index (κ2) is 3.79. The van der Waals surface area contributed by atoms with E-state index >= 15 is 0 Å². The molecular formula is C11H18INO2. The number of carbonyl (C=O) groups is 1. The summed E-state index contributed by atoms with van der Waals surface area (Å²) in [5, 5.41) is 0. The van der Waals surface area contributed by atoms with Gasteiger partial charge in [0.05, 0.1) is 0 Å². The van der Waals surface area contributed by atoms with Crippen LogP contribution < -0.4 is 0 Å². The summed E-state index contributed by atoms with van der Waals surface area (Å²) in [5.41, 5.74) is -0.373. The van der Waals surface area contributed by atoms with Gasteiger partial charge in [0, 0.05) is 17.0 Å². The number of fused-ring (bicyclic) bond motifs is 2. The van der Waals surface area contributed by atoms with Crippen molar-refractivity contribution in [2.45, 2.75) is 36.7 Å². The van der Waals surface area contributed by atoms with Gasteiger partial charge in [-0.2, -0.15) is 0 Å². The maximum Gasteiger partial charge on any atom is 0.410 e.